The van der Waals surface area contributed by atoms with Gasteiger partial charge in [0, 0.05) is 6.42 Å². The Morgan fingerprint density at radius 1 is 1.11 bits per heavy atom. The van der Waals surface area contributed by atoms with Gasteiger partial charge in [-0.2, -0.15) is 4.98 Å². The van der Waals surface area contributed by atoms with Crippen molar-refractivity contribution in [3.8, 4) is 0 Å². The Kier molecular flexibility index (Phi) is 8.46. The number of aromatic nitrogens is 8. The van der Waals surface area contributed by atoms with Gasteiger partial charge in [0.15, 0.2) is 41.3 Å². The Balaban J connectivity index is 1.18. The van der Waals surface area contributed by atoms with E-state index in [-0.39, 0.29) is 40.5 Å². The summed E-state index contributed by atoms with van der Waals surface area (Å²) < 4.78 is 84.4. The molecule has 238 valence electrons. The molecular weight excluding hydrogens is 656 g/mol. The molecule has 6 rings (SSSR count). The highest BCUT2D eigenvalue weighted by Crippen LogP contribution is 2.57. The van der Waals surface area contributed by atoms with E-state index in [1.807, 2.05) is 0 Å². The first-order chi connectivity index (χ1) is 20.9. The molecule has 6 N–H and O–H groups in total. The highest BCUT2D eigenvalue weighted by atomic mass is 32.7. The van der Waals surface area contributed by atoms with Crippen molar-refractivity contribution in [3.05, 3.63) is 29.3 Å². The van der Waals surface area contributed by atoms with Crippen molar-refractivity contribution in [2.24, 2.45) is 0 Å². The number of nitrogens with one attached hydrogen (secondary N) is 1. The van der Waals surface area contributed by atoms with E-state index in [0.717, 1.165) is 10.9 Å². The smallest absolute Gasteiger partial charge is 0.382 e. The number of nitrogen functional groups attached to an aromatic ring is 2. The van der Waals surface area contributed by atoms with Gasteiger partial charge in [-0.3, -0.25) is 32.5 Å². The van der Waals surface area contributed by atoms with E-state index in [9.17, 15) is 13.9 Å². The molecule has 9 atom stereocenters. The minimum absolute atomic E-state index is 0.102. The maximum atomic E-state index is 15.6. The van der Waals surface area contributed by atoms with Gasteiger partial charge in [-0.25, -0.2) is 33.3 Å². The number of H-pyrrole nitrogens is 1. The van der Waals surface area contributed by atoms with E-state index in [1.165, 1.54) is 17.2 Å². The van der Waals surface area contributed by atoms with Crippen LogP contribution in [0.4, 0.5) is 20.5 Å². The minimum atomic E-state index is -4.44. The van der Waals surface area contributed by atoms with Crippen molar-refractivity contribution < 1.29 is 45.8 Å². The monoisotopic (exact) mass is 680 g/mol. The predicted octanol–water partition coefficient (Wildman–Crippen LogP) is 0.823. The van der Waals surface area contributed by atoms with Gasteiger partial charge in [-0.15, -0.1) is 0 Å². The van der Waals surface area contributed by atoms with E-state index in [0.29, 0.717) is 0 Å². The quantitative estimate of drug-likeness (QED) is 0.115. The topological polar surface area (TPSA) is 260 Å². The van der Waals surface area contributed by atoms with Crippen molar-refractivity contribution >= 4 is 61.4 Å². The van der Waals surface area contributed by atoms with Crippen molar-refractivity contribution in [1.82, 2.24) is 39.0 Å². The van der Waals surface area contributed by atoms with Crippen LogP contribution in [0, 0.1) is 0 Å². The van der Waals surface area contributed by atoms with E-state index < -0.39 is 76.9 Å². The zero-order valence-corrected chi connectivity index (χ0v) is 24.8. The van der Waals surface area contributed by atoms with Gasteiger partial charge >= 0.3 is 15.1 Å². The van der Waals surface area contributed by atoms with Gasteiger partial charge in [0.05, 0.1) is 32.0 Å². The van der Waals surface area contributed by atoms with Crippen LogP contribution in [0.25, 0.3) is 22.3 Å². The Morgan fingerprint density at radius 2 is 1.84 bits per heavy atom. The third-order valence-electron chi connectivity index (χ3n) is 6.83. The van der Waals surface area contributed by atoms with Crippen LogP contribution in [-0.4, -0.2) is 87.8 Å². The molecule has 24 heteroatoms. The molecule has 0 radical (unpaired) electrons. The number of nitrogens with zero attached hydrogens (tertiary/aromatic N) is 7. The molecule has 44 heavy (non-hydrogen) atoms. The summed E-state index contributed by atoms with van der Waals surface area (Å²) in [5, 5.41) is 0. The molecule has 19 nitrogen and oxygen atoms in total. The molecule has 0 bridgehead atoms. The molecule has 2 unspecified atom stereocenters. The number of imidazole rings is 2. The maximum absolute atomic E-state index is 15.6. The first-order valence-corrected chi connectivity index (χ1v) is 16.6. The van der Waals surface area contributed by atoms with Gasteiger partial charge in [-0.1, -0.05) is 12.2 Å². The number of halogens is 2. The lowest BCUT2D eigenvalue weighted by atomic mass is 10.1. The third kappa shape index (κ3) is 5.96. The van der Waals surface area contributed by atoms with Crippen molar-refractivity contribution in [2.45, 2.75) is 49.5 Å². The average Bonchev–Trinajstić information content (AvgIpc) is 3.72. The number of aromatic amines is 1. The van der Waals surface area contributed by atoms with Crippen LogP contribution in [0.2, 0.25) is 0 Å². The number of ether oxygens (including phenoxy) is 2. The predicted molar refractivity (Wildman–Crippen MR) is 149 cm³/mol. The van der Waals surface area contributed by atoms with Crippen molar-refractivity contribution in [3.63, 3.8) is 0 Å². The van der Waals surface area contributed by atoms with Crippen LogP contribution in [0.1, 0.15) is 18.9 Å². The number of hydrogen-bond acceptors (Lipinski definition) is 15. The Bertz CT molecular complexity index is 1830. The molecule has 2 aliphatic rings. The molecule has 2 fully saturated rings. The minimum Gasteiger partial charge on any atom is -0.382 e. The van der Waals surface area contributed by atoms with E-state index in [4.69, 9.17) is 34.9 Å². The number of thiol groups is 1. The van der Waals surface area contributed by atoms with Gasteiger partial charge in [0.25, 0.3) is 5.56 Å². The largest absolute Gasteiger partial charge is 0.386 e. The number of rotatable bonds is 10. The summed E-state index contributed by atoms with van der Waals surface area (Å²) in [6.45, 7) is -5.59. The fourth-order valence-corrected chi connectivity index (χ4v) is 6.70. The fraction of sp³-hybridized carbons (Fsp3) is 0.500. The number of hydrogen-bond donors (Lipinski definition) is 5. The Morgan fingerprint density at radius 3 is 2.59 bits per heavy atom. The SMILES string of the molecule is Nc1nc2c(ncn2[C@@H]2O[C@H](CO[PH](=O)O)[C@H](F)C2O[P@](=O)(S)OC[C@@H]2C[C@H](F)[C@H](n3cnc4c(N)ncnc43)O2)c(=O)[nH]1. The molecule has 0 saturated carbocycles. The van der Waals surface area contributed by atoms with Crippen LogP contribution in [0.5, 0.6) is 0 Å². The fourth-order valence-electron chi connectivity index (χ4n) is 4.92. The summed E-state index contributed by atoms with van der Waals surface area (Å²) in [6, 6.07) is 0. The van der Waals surface area contributed by atoms with Crippen LogP contribution in [-0.2, 0) is 32.2 Å². The number of anilines is 2. The van der Waals surface area contributed by atoms with Gasteiger partial charge in [0.1, 0.15) is 30.2 Å². The van der Waals surface area contributed by atoms with Crippen molar-refractivity contribution in [1.29, 1.82) is 0 Å². The summed E-state index contributed by atoms with van der Waals surface area (Å²) in [6.07, 6.45) is -7.09. The highest BCUT2D eigenvalue weighted by Gasteiger charge is 2.51. The van der Waals surface area contributed by atoms with E-state index >= 15 is 8.78 Å². The zero-order valence-electron chi connectivity index (χ0n) is 22.0. The number of alkyl halides is 2. The summed E-state index contributed by atoms with van der Waals surface area (Å²) in [4.78, 5) is 43.5. The molecule has 0 spiro atoms. The van der Waals surface area contributed by atoms with Crippen molar-refractivity contribution in [2.75, 3.05) is 24.7 Å². The Labute approximate surface area is 249 Å². The first kappa shape index (κ1) is 30.9. The van der Waals surface area contributed by atoms with Gasteiger partial charge in [0.2, 0.25) is 5.95 Å². The average molecular weight is 680 g/mol. The van der Waals surface area contributed by atoms with Crippen LogP contribution < -0.4 is 17.0 Å². The molecule has 0 aromatic carbocycles. The summed E-state index contributed by atoms with van der Waals surface area (Å²) in [5.41, 5.74) is 10.9. The van der Waals surface area contributed by atoms with Crippen LogP contribution >= 0.6 is 27.3 Å². The number of fused-ring (bicyclic) bond motifs is 2. The molecule has 4 aromatic rings. The summed E-state index contributed by atoms with van der Waals surface area (Å²) in [5.74, 6) is -0.177. The van der Waals surface area contributed by atoms with E-state index in [2.05, 4.69) is 46.7 Å². The molecular formula is C20H24F2N10O9P2S. The Hall–Kier alpha value is -3.07. The lowest BCUT2D eigenvalue weighted by Crippen LogP contribution is -2.32. The second-order valence-electron chi connectivity index (χ2n) is 9.68. The molecule has 2 saturated heterocycles. The number of nitrogens with two attached hydrogens (primary N) is 2. The summed E-state index contributed by atoms with van der Waals surface area (Å²) in [7, 11) is -3.46. The van der Waals surface area contributed by atoms with Crippen LogP contribution in [0.3, 0.4) is 0 Å². The molecule has 4 aromatic heterocycles. The second kappa shape index (κ2) is 12.0. The van der Waals surface area contributed by atoms with Gasteiger partial charge < -0.3 is 30.4 Å². The van der Waals surface area contributed by atoms with Gasteiger partial charge in [-0.05, 0) is 0 Å². The van der Waals surface area contributed by atoms with E-state index in [1.54, 1.807) is 0 Å². The summed E-state index contributed by atoms with van der Waals surface area (Å²) >= 11 is 3.96. The highest BCUT2D eigenvalue weighted by molar-refractivity contribution is 8.44. The molecule has 6 heterocycles. The molecule has 0 amide bonds. The zero-order chi connectivity index (χ0) is 31.3. The molecule has 0 aliphatic carbocycles. The second-order valence-corrected chi connectivity index (χ2v) is 13.4. The lowest BCUT2D eigenvalue weighted by molar-refractivity contribution is -0.0472. The normalized spacial score (nSPS) is 29.4. The van der Waals surface area contributed by atoms with Crippen LogP contribution in [0.15, 0.2) is 23.8 Å². The lowest BCUT2D eigenvalue weighted by Gasteiger charge is -2.24. The standard InChI is InChI=1S/C20H24F2N10O9P2S/c21-8-1-7(39-18(8)31-5-27-11-14(23)25-4-26-15(11)31)2-38-43(36,44)41-13-10(22)9(3-37-42(34)35)40-19(13)32-6-28-12-16(32)29-20(24)30-17(12)33/h4-10,13,18-19,42H,1-3H2,(H,34,35)(H,36,44)(H2,23,25,26)(H3,24,29,30,33)/t7-,8-,9+,10-,13?,18+,19+,43+/m0/s1. The molecule has 2 aliphatic heterocycles. The third-order valence-corrected chi connectivity index (χ3v) is 8.86. The maximum Gasteiger partial charge on any atom is 0.386 e. The first-order valence-electron chi connectivity index (χ1n) is 12.7.